The fraction of sp³-hybridized carbons (Fsp3) is 0.571. The molecule has 1 aromatic rings. The van der Waals surface area contributed by atoms with Gasteiger partial charge in [0.1, 0.15) is 0 Å². The van der Waals surface area contributed by atoms with Crippen molar-refractivity contribution in [1.29, 1.82) is 0 Å². The Morgan fingerprint density at radius 2 is 1.22 bits per heavy atom. The molecule has 0 aliphatic carbocycles. The molecule has 1 rings (SSSR count). The number of benzene rings is 1. The van der Waals surface area contributed by atoms with Crippen molar-refractivity contribution in [2.24, 2.45) is 0 Å². The molecule has 0 atom stereocenters. The SMILES string of the molecule is CCO[Si](OCC)(OCC)c1ccc(CC)cc1. The van der Waals surface area contributed by atoms with Gasteiger partial charge < -0.3 is 13.3 Å². The molecule has 4 heteroatoms. The third-order valence-electron chi connectivity index (χ3n) is 2.72. The molecule has 18 heavy (non-hydrogen) atoms. The van der Waals surface area contributed by atoms with E-state index in [0.29, 0.717) is 19.8 Å². The average Bonchev–Trinajstić information content (AvgIpc) is 2.39. The summed E-state index contributed by atoms with van der Waals surface area (Å²) in [7, 11) is -2.71. The van der Waals surface area contributed by atoms with Gasteiger partial charge in [0.15, 0.2) is 0 Å². The Morgan fingerprint density at radius 3 is 1.56 bits per heavy atom. The van der Waals surface area contributed by atoms with Crippen molar-refractivity contribution in [2.45, 2.75) is 34.1 Å². The summed E-state index contributed by atoms with van der Waals surface area (Å²) in [6.07, 6.45) is 1.03. The van der Waals surface area contributed by atoms with E-state index in [-0.39, 0.29) is 0 Å². The molecule has 0 aromatic heterocycles. The molecule has 0 unspecified atom stereocenters. The van der Waals surface area contributed by atoms with Crippen molar-refractivity contribution >= 4 is 14.0 Å². The third-order valence-corrected chi connectivity index (χ3v) is 5.77. The summed E-state index contributed by atoms with van der Waals surface area (Å²) in [5.41, 5.74) is 1.31. The Bertz CT molecular complexity index is 320. The smallest absolute Gasteiger partial charge is 0.370 e. The first-order chi connectivity index (χ1) is 8.72. The highest BCUT2D eigenvalue weighted by atomic mass is 28.4. The van der Waals surface area contributed by atoms with Crippen molar-refractivity contribution < 1.29 is 13.3 Å². The topological polar surface area (TPSA) is 27.7 Å². The second-order valence-electron chi connectivity index (χ2n) is 3.91. The maximum Gasteiger partial charge on any atom is 0.537 e. The zero-order chi connectivity index (χ0) is 13.4. The first-order valence-corrected chi connectivity index (χ1v) is 8.46. The van der Waals surface area contributed by atoms with Crippen LogP contribution in [0.5, 0.6) is 0 Å². The first-order valence-electron chi connectivity index (χ1n) is 6.73. The summed E-state index contributed by atoms with van der Waals surface area (Å²) in [4.78, 5) is 0. The van der Waals surface area contributed by atoms with E-state index in [1.165, 1.54) is 5.56 Å². The summed E-state index contributed by atoms with van der Waals surface area (Å²) in [6, 6.07) is 8.39. The van der Waals surface area contributed by atoms with E-state index in [1.54, 1.807) is 0 Å². The van der Waals surface area contributed by atoms with E-state index in [4.69, 9.17) is 13.3 Å². The number of hydrogen-bond donors (Lipinski definition) is 0. The molecule has 0 aliphatic heterocycles. The molecule has 0 amide bonds. The van der Waals surface area contributed by atoms with Gasteiger partial charge >= 0.3 is 8.80 Å². The molecule has 1 aromatic carbocycles. The number of rotatable bonds is 8. The first kappa shape index (κ1) is 15.4. The second kappa shape index (κ2) is 7.69. The fourth-order valence-corrected chi connectivity index (χ4v) is 4.35. The molecule has 3 nitrogen and oxygen atoms in total. The van der Waals surface area contributed by atoms with E-state index >= 15 is 0 Å². The zero-order valence-electron chi connectivity index (χ0n) is 11.9. The Morgan fingerprint density at radius 1 is 0.778 bits per heavy atom. The standard InChI is InChI=1S/C14H24O3Si/c1-5-13-9-11-14(12-10-13)18(15-6-2,16-7-3)17-8-4/h9-12H,5-8H2,1-4H3. The summed E-state index contributed by atoms with van der Waals surface area (Å²) in [6.45, 7) is 9.86. The molecule has 0 heterocycles. The lowest BCUT2D eigenvalue weighted by atomic mass is 10.2. The molecule has 0 saturated carbocycles. The lowest BCUT2D eigenvalue weighted by Gasteiger charge is -2.28. The van der Waals surface area contributed by atoms with E-state index in [2.05, 4.69) is 31.2 Å². The highest BCUT2D eigenvalue weighted by molar-refractivity contribution is 6.75. The predicted molar refractivity (Wildman–Crippen MR) is 76.1 cm³/mol. The molecule has 0 spiro atoms. The Labute approximate surface area is 111 Å². The van der Waals surface area contributed by atoms with Crippen LogP contribution in [-0.4, -0.2) is 28.6 Å². The van der Waals surface area contributed by atoms with Crippen LogP contribution in [0.3, 0.4) is 0 Å². The van der Waals surface area contributed by atoms with Crippen LogP contribution in [0.2, 0.25) is 0 Å². The highest BCUT2D eigenvalue weighted by Crippen LogP contribution is 2.12. The Balaban J connectivity index is 3.04. The van der Waals surface area contributed by atoms with E-state index in [0.717, 1.165) is 11.6 Å². The molecule has 0 fully saturated rings. The van der Waals surface area contributed by atoms with Crippen LogP contribution in [0.15, 0.2) is 24.3 Å². The molecule has 102 valence electrons. The van der Waals surface area contributed by atoms with Gasteiger partial charge in [0.25, 0.3) is 0 Å². The van der Waals surface area contributed by atoms with Crippen molar-refractivity contribution in [2.75, 3.05) is 19.8 Å². The van der Waals surface area contributed by atoms with Crippen molar-refractivity contribution in [3.05, 3.63) is 29.8 Å². The van der Waals surface area contributed by atoms with Gasteiger partial charge in [0.05, 0.1) is 0 Å². The van der Waals surface area contributed by atoms with E-state index < -0.39 is 8.80 Å². The van der Waals surface area contributed by atoms with Crippen molar-refractivity contribution in [3.63, 3.8) is 0 Å². The molecule has 0 saturated heterocycles. The molecular formula is C14H24O3Si. The van der Waals surface area contributed by atoms with Crippen LogP contribution >= 0.6 is 0 Å². The van der Waals surface area contributed by atoms with Crippen LogP contribution in [0.25, 0.3) is 0 Å². The predicted octanol–water partition coefficient (Wildman–Crippen LogP) is 2.50. The largest absolute Gasteiger partial charge is 0.537 e. The van der Waals surface area contributed by atoms with Crippen LogP contribution < -0.4 is 5.19 Å². The van der Waals surface area contributed by atoms with Gasteiger partial charge in [-0.3, -0.25) is 0 Å². The third kappa shape index (κ3) is 3.65. The summed E-state index contributed by atoms with van der Waals surface area (Å²) < 4.78 is 17.6. The van der Waals surface area contributed by atoms with Crippen LogP contribution in [-0.2, 0) is 19.7 Å². The van der Waals surface area contributed by atoms with Gasteiger partial charge in [-0.05, 0) is 32.8 Å². The molecule has 0 radical (unpaired) electrons. The van der Waals surface area contributed by atoms with E-state index in [9.17, 15) is 0 Å². The summed E-state index contributed by atoms with van der Waals surface area (Å²) >= 11 is 0. The normalized spacial score (nSPS) is 11.8. The van der Waals surface area contributed by atoms with E-state index in [1.807, 2.05) is 20.8 Å². The van der Waals surface area contributed by atoms with Crippen LogP contribution in [0, 0.1) is 0 Å². The van der Waals surface area contributed by atoms with Gasteiger partial charge in [0.2, 0.25) is 0 Å². The minimum Gasteiger partial charge on any atom is -0.370 e. The number of hydrogen-bond acceptors (Lipinski definition) is 3. The zero-order valence-corrected chi connectivity index (χ0v) is 12.9. The molecule has 0 N–H and O–H groups in total. The summed E-state index contributed by atoms with van der Waals surface area (Å²) in [5.74, 6) is 0. The number of aryl methyl sites for hydroxylation is 1. The Kier molecular flexibility index (Phi) is 6.57. The van der Waals surface area contributed by atoms with Gasteiger partial charge in [-0.25, -0.2) is 0 Å². The van der Waals surface area contributed by atoms with Crippen molar-refractivity contribution in [3.8, 4) is 0 Å². The van der Waals surface area contributed by atoms with Gasteiger partial charge in [-0.1, -0.05) is 31.2 Å². The van der Waals surface area contributed by atoms with Crippen LogP contribution in [0.4, 0.5) is 0 Å². The molecule has 0 aliphatic rings. The quantitative estimate of drug-likeness (QED) is 0.678. The molecule has 0 bridgehead atoms. The van der Waals surface area contributed by atoms with Gasteiger partial charge in [0, 0.05) is 25.0 Å². The monoisotopic (exact) mass is 268 g/mol. The second-order valence-corrected chi connectivity index (χ2v) is 6.46. The minimum absolute atomic E-state index is 0.599. The Hall–Kier alpha value is -0.683. The maximum absolute atomic E-state index is 5.86. The van der Waals surface area contributed by atoms with Gasteiger partial charge in [-0.2, -0.15) is 0 Å². The minimum atomic E-state index is -2.71. The lowest BCUT2D eigenvalue weighted by Crippen LogP contribution is -2.56. The van der Waals surface area contributed by atoms with Crippen LogP contribution in [0.1, 0.15) is 33.3 Å². The summed E-state index contributed by atoms with van der Waals surface area (Å²) in [5, 5.41) is 1.05. The lowest BCUT2D eigenvalue weighted by molar-refractivity contribution is 0.0859. The van der Waals surface area contributed by atoms with Gasteiger partial charge in [-0.15, -0.1) is 0 Å². The highest BCUT2D eigenvalue weighted by Gasteiger charge is 2.42. The van der Waals surface area contributed by atoms with Crippen molar-refractivity contribution in [1.82, 2.24) is 0 Å². The molecular weight excluding hydrogens is 244 g/mol. The fourth-order valence-electron chi connectivity index (χ4n) is 1.89. The maximum atomic E-state index is 5.86. The average molecular weight is 268 g/mol.